The minimum absolute atomic E-state index is 0.0296. The highest BCUT2D eigenvalue weighted by Gasteiger charge is 2.48. The van der Waals surface area contributed by atoms with E-state index in [0.29, 0.717) is 0 Å². The van der Waals surface area contributed by atoms with Gasteiger partial charge in [-0.05, 0) is 36.4 Å². The molecule has 1 heterocycles. The lowest BCUT2D eigenvalue weighted by Gasteiger charge is -2.35. The first-order chi connectivity index (χ1) is 20.9. The van der Waals surface area contributed by atoms with Gasteiger partial charge >= 0.3 is 40.0 Å². The number of nitrogens with zero attached hydrogens (tertiary/aromatic N) is 3. The summed E-state index contributed by atoms with van der Waals surface area (Å²) in [4.78, 5) is 0. The normalized spacial score (nSPS) is 17.8. The highest BCUT2D eigenvalue weighted by atomic mass is 35.5. The molecule has 2 N–H and O–H groups in total. The van der Waals surface area contributed by atoms with Gasteiger partial charge < -0.3 is 10.2 Å². The summed E-state index contributed by atoms with van der Waals surface area (Å²) >= 11 is 11.9. The van der Waals surface area contributed by atoms with Crippen LogP contribution in [0.2, 0.25) is 10.0 Å². The molecule has 46 heavy (non-hydrogen) atoms. The van der Waals surface area contributed by atoms with Crippen LogP contribution in [0.25, 0.3) is 0 Å². The van der Waals surface area contributed by atoms with Crippen LogP contribution in [0.15, 0.2) is 62.1 Å². The molecular formula is C20H18Cl2F12N5O4P3. The lowest BCUT2D eigenvalue weighted by Crippen LogP contribution is -2.22. The van der Waals surface area contributed by atoms with Crippen molar-refractivity contribution in [2.24, 2.45) is 13.5 Å². The molecule has 0 fully saturated rings. The van der Waals surface area contributed by atoms with E-state index in [1.165, 1.54) is 36.4 Å². The van der Waals surface area contributed by atoms with Crippen molar-refractivity contribution in [3.8, 4) is 0 Å². The topological polar surface area (TPSA) is 98.1 Å². The van der Waals surface area contributed by atoms with Gasteiger partial charge in [-0.25, -0.2) is 0 Å². The Bertz CT molecular complexity index is 1420. The van der Waals surface area contributed by atoms with Gasteiger partial charge in [0.1, 0.15) is 0 Å². The van der Waals surface area contributed by atoms with E-state index in [1.807, 2.05) is 0 Å². The molecule has 0 aliphatic carbocycles. The first kappa shape index (κ1) is 38.8. The zero-order valence-corrected chi connectivity index (χ0v) is 26.3. The average Bonchev–Trinajstić information content (AvgIpc) is 2.87. The predicted octanol–water partition coefficient (Wildman–Crippen LogP) is 11.7. The summed E-state index contributed by atoms with van der Waals surface area (Å²) < 4.78 is 189. The first-order valence-electron chi connectivity index (χ1n) is 11.7. The minimum Gasteiger partial charge on any atom is -0.318 e. The highest BCUT2D eigenvalue weighted by molar-refractivity contribution is 7.83. The molecule has 0 bridgehead atoms. The highest BCUT2D eigenvalue weighted by Crippen LogP contribution is 2.79. The fraction of sp³-hybridized carbons (Fsp3) is 0.400. The predicted molar refractivity (Wildman–Crippen MR) is 146 cm³/mol. The van der Waals surface area contributed by atoms with Gasteiger partial charge in [-0.2, -0.15) is 61.7 Å². The third-order valence-corrected chi connectivity index (χ3v) is 13.7. The van der Waals surface area contributed by atoms with E-state index in [1.54, 1.807) is 0 Å². The van der Waals surface area contributed by atoms with E-state index in [2.05, 4.69) is 41.8 Å². The lowest BCUT2D eigenvalue weighted by atomic mass is 10.3. The Morgan fingerprint density at radius 2 is 0.848 bits per heavy atom. The largest absolute Gasteiger partial charge is 0.412 e. The number of halogens is 14. The zero-order chi connectivity index (χ0) is 34.7. The second-order valence-electron chi connectivity index (χ2n) is 8.65. The maximum atomic E-state index is 13.3. The van der Waals surface area contributed by atoms with Crippen molar-refractivity contribution < 1.29 is 70.8 Å². The zero-order valence-electron chi connectivity index (χ0n) is 22.1. The third-order valence-electron chi connectivity index (χ3n) is 4.52. The first-order valence-corrected chi connectivity index (χ1v) is 17.2. The quantitative estimate of drug-likeness (QED) is 0.164. The van der Waals surface area contributed by atoms with Gasteiger partial charge in [0.15, 0.2) is 26.4 Å². The molecule has 2 aromatic carbocycles. The minimum atomic E-state index is -5.65. The van der Waals surface area contributed by atoms with Gasteiger partial charge in [0.25, 0.3) is 7.51 Å². The molecule has 9 nitrogen and oxygen atoms in total. The molecule has 260 valence electrons. The third kappa shape index (κ3) is 13.1. The van der Waals surface area contributed by atoms with Crippen LogP contribution < -0.4 is 10.2 Å². The van der Waals surface area contributed by atoms with E-state index in [4.69, 9.17) is 23.2 Å². The molecule has 26 heteroatoms. The van der Waals surface area contributed by atoms with Crippen molar-refractivity contribution in [3.05, 3.63) is 58.6 Å². The standard InChI is InChI=1S/C20H18Cl2F12N5O4P3/c21-13-3-1-5-15(7-13)35-44(36-16-6-2-4-14(22)8-16)37-45(40-9-17(23,24)25,41-10-18(26,27)28)39-46(38-44,42-11-19(29,30)31)43-12-20(32,33)34/h1-8,35-36H,9-12H2. The number of hydrogen-bond acceptors (Lipinski definition) is 9. The number of nitrogens with one attached hydrogen (secondary N) is 2. The number of alkyl halides is 12. The van der Waals surface area contributed by atoms with E-state index in [-0.39, 0.29) is 21.4 Å². The molecule has 0 atom stereocenters. The van der Waals surface area contributed by atoms with Crippen LogP contribution in [-0.2, 0) is 18.1 Å². The summed E-state index contributed by atoms with van der Waals surface area (Å²) in [5.41, 5.74) is -0.363. The molecule has 0 amide bonds. The van der Waals surface area contributed by atoms with Crippen molar-refractivity contribution in [2.75, 3.05) is 36.6 Å². The van der Waals surface area contributed by atoms with E-state index < -0.39 is 74.0 Å². The summed E-state index contributed by atoms with van der Waals surface area (Å²) in [7, 11) is -16.1. The molecule has 2 aromatic rings. The molecule has 0 aromatic heterocycles. The molecule has 0 unspecified atom stereocenters. The second-order valence-corrected chi connectivity index (χ2v) is 16.3. The van der Waals surface area contributed by atoms with Crippen LogP contribution in [0.5, 0.6) is 0 Å². The van der Waals surface area contributed by atoms with Crippen LogP contribution >= 0.6 is 46.0 Å². The fourth-order valence-electron chi connectivity index (χ4n) is 3.03. The van der Waals surface area contributed by atoms with Crippen molar-refractivity contribution >= 4 is 57.4 Å². The summed E-state index contributed by atoms with van der Waals surface area (Å²) in [5, 5.41) is 4.92. The van der Waals surface area contributed by atoms with Gasteiger partial charge in [0.05, 0.1) is 0 Å². The molecule has 1 aliphatic heterocycles. The summed E-state index contributed by atoms with van der Waals surface area (Å²) in [6.45, 7) is -9.89. The fourth-order valence-corrected chi connectivity index (χ4v) is 13.4. The van der Waals surface area contributed by atoms with E-state index >= 15 is 0 Å². The van der Waals surface area contributed by atoms with E-state index in [9.17, 15) is 52.7 Å². The SMILES string of the molecule is FC(F)(F)COP1(OCC(F)(F)F)=NP(Nc2cccc(Cl)c2)(Nc2cccc(Cl)c2)=NP(OCC(F)(F)F)(OCC(F)(F)F)=N1. The Kier molecular flexibility index (Phi) is 12.2. The summed E-state index contributed by atoms with van der Waals surface area (Å²) in [5.74, 6) is 0. The number of benzene rings is 2. The molecule has 0 saturated heterocycles. The van der Waals surface area contributed by atoms with Crippen LogP contribution in [0, 0.1) is 0 Å². The van der Waals surface area contributed by atoms with Crippen molar-refractivity contribution in [2.45, 2.75) is 24.7 Å². The molecular weight excluding hydrogens is 766 g/mol. The monoisotopic (exact) mass is 783 g/mol. The molecule has 0 radical (unpaired) electrons. The smallest absolute Gasteiger partial charge is 0.318 e. The number of anilines is 2. The van der Waals surface area contributed by atoms with Gasteiger partial charge in [0, 0.05) is 21.4 Å². The summed E-state index contributed by atoms with van der Waals surface area (Å²) in [6.07, 6.45) is -21.4. The van der Waals surface area contributed by atoms with Crippen LogP contribution in [0.1, 0.15) is 0 Å². The Labute approximate surface area is 261 Å². The van der Waals surface area contributed by atoms with Crippen molar-refractivity contribution in [1.29, 1.82) is 0 Å². The van der Waals surface area contributed by atoms with Crippen LogP contribution in [-0.4, -0.2) is 51.1 Å². The van der Waals surface area contributed by atoms with Gasteiger partial charge in [-0.3, -0.25) is 18.1 Å². The maximum absolute atomic E-state index is 13.3. The molecule has 1 aliphatic rings. The second kappa shape index (κ2) is 14.4. The molecule has 0 saturated carbocycles. The Morgan fingerprint density at radius 1 is 0.522 bits per heavy atom. The maximum Gasteiger partial charge on any atom is 0.412 e. The lowest BCUT2D eigenvalue weighted by molar-refractivity contribution is -0.163. The Balaban J connectivity index is 2.47. The van der Waals surface area contributed by atoms with Crippen LogP contribution in [0.3, 0.4) is 0 Å². The van der Waals surface area contributed by atoms with Gasteiger partial charge in [-0.15, -0.1) is 4.52 Å². The number of rotatable bonds is 12. The van der Waals surface area contributed by atoms with E-state index in [0.717, 1.165) is 12.1 Å². The van der Waals surface area contributed by atoms with Gasteiger partial charge in [0.2, 0.25) is 0 Å². The van der Waals surface area contributed by atoms with Crippen LogP contribution in [0.4, 0.5) is 64.1 Å². The summed E-state index contributed by atoms with van der Waals surface area (Å²) in [6, 6.07) is 9.81. The van der Waals surface area contributed by atoms with Crippen molar-refractivity contribution in [3.63, 3.8) is 0 Å². The van der Waals surface area contributed by atoms with Gasteiger partial charge in [-0.1, -0.05) is 35.3 Å². The Morgan fingerprint density at radius 3 is 1.15 bits per heavy atom. The Hall–Kier alpha value is -1.69. The number of hydrogen-bond donors (Lipinski definition) is 2. The average molecular weight is 784 g/mol. The van der Waals surface area contributed by atoms with Crippen molar-refractivity contribution in [1.82, 2.24) is 0 Å². The molecule has 0 spiro atoms. The molecule has 3 rings (SSSR count).